The molecule has 5 heteroatoms. The van der Waals surface area contributed by atoms with E-state index >= 15 is 0 Å². The Morgan fingerprint density at radius 2 is 2.50 bits per heavy atom. The molecule has 1 heterocycles. The lowest BCUT2D eigenvalue weighted by molar-refractivity contribution is 0.0995. The maximum Gasteiger partial charge on any atom is 0.306 e. The van der Waals surface area contributed by atoms with Gasteiger partial charge in [0.25, 0.3) is 0 Å². The fourth-order valence-electron chi connectivity index (χ4n) is 1.01. The second-order valence-corrected chi connectivity index (χ2v) is 2.57. The van der Waals surface area contributed by atoms with Gasteiger partial charge in [0.1, 0.15) is 5.69 Å². The first kappa shape index (κ1) is 8.99. The summed E-state index contributed by atoms with van der Waals surface area (Å²) >= 11 is 4.31. The van der Waals surface area contributed by atoms with Crippen LogP contribution in [-0.4, -0.2) is 15.7 Å². The molecule has 0 aliphatic rings. The van der Waals surface area contributed by atoms with Crippen molar-refractivity contribution in [3.05, 3.63) is 17.5 Å². The molecule has 0 fully saturated rings. The van der Waals surface area contributed by atoms with Gasteiger partial charge in [0, 0.05) is 19.0 Å². The highest BCUT2D eigenvalue weighted by Gasteiger charge is 2.10. The zero-order valence-electron chi connectivity index (χ0n) is 6.94. The van der Waals surface area contributed by atoms with Crippen molar-refractivity contribution in [3.8, 4) is 0 Å². The monoisotopic (exact) mass is 183 g/mol. The van der Waals surface area contributed by atoms with Crippen molar-refractivity contribution in [3.63, 3.8) is 0 Å². The second-order valence-electron chi connectivity index (χ2n) is 2.38. The molecule has 1 aromatic rings. The van der Waals surface area contributed by atoms with E-state index < -0.39 is 5.91 Å². The Labute approximate surface area is 75.8 Å². The van der Waals surface area contributed by atoms with Gasteiger partial charge in [0.05, 0.1) is 5.69 Å². The molecule has 0 spiro atoms. The Balaban J connectivity index is 3.12. The average molecular weight is 183 g/mol. The molecule has 64 valence electrons. The van der Waals surface area contributed by atoms with E-state index in [1.807, 2.05) is 13.8 Å². The van der Waals surface area contributed by atoms with Crippen molar-refractivity contribution in [1.29, 1.82) is 0 Å². The largest absolute Gasteiger partial charge is 0.306 e. The summed E-state index contributed by atoms with van der Waals surface area (Å²) in [5.41, 5.74) is 1.27. The Hall–Kier alpha value is -1.10. The highest BCUT2D eigenvalue weighted by atomic mass is 32.1. The number of aromatic nitrogens is 2. The van der Waals surface area contributed by atoms with Crippen LogP contribution in [0.5, 0.6) is 0 Å². The maximum absolute atomic E-state index is 11.1. The topological polar surface area (TPSA) is 47.2 Å². The van der Waals surface area contributed by atoms with Gasteiger partial charge in [-0.05, 0) is 19.9 Å². The zero-order valence-corrected chi connectivity index (χ0v) is 7.76. The number of carbonyl (C=O) groups excluding carboxylic acids is 1. The molecule has 0 saturated carbocycles. The fourth-order valence-corrected chi connectivity index (χ4v) is 1.10. The third-order valence-corrected chi connectivity index (χ3v) is 1.67. The molecule has 0 N–H and O–H groups in total. The van der Waals surface area contributed by atoms with Crippen LogP contribution in [0.15, 0.2) is 10.4 Å². The first-order chi connectivity index (χ1) is 5.69. The van der Waals surface area contributed by atoms with Crippen molar-refractivity contribution in [1.82, 2.24) is 9.78 Å². The Kier molecular flexibility index (Phi) is 2.65. The number of nitrogens with zero attached hydrogens (tertiary/aromatic N) is 3. The highest BCUT2D eigenvalue weighted by Crippen LogP contribution is 2.04. The van der Waals surface area contributed by atoms with E-state index in [0.29, 0.717) is 12.2 Å². The van der Waals surface area contributed by atoms with E-state index in [1.165, 1.54) is 0 Å². The van der Waals surface area contributed by atoms with Crippen LogP contribution >= 0.6 is 0 Å². The van der Waals surface area contributed by atoms with Gasteiger partial charge in [-0.2, -0.15) is 5.10 Å². The molecule has 1 rings (SSSR count). The molecule has 0 aliphatic heterocycles. The Bertz CT molecular complexity index is 318. The normalized spacial score (nSPS) is 9.83. The number of carbonyl (C=O) groups is 1. The number of hydrogen-bond acceptors (Lipinski definition) is 3. The van der Waals surface area contributed by atoms with Crippen molar-refractivity contribution < 1.29 is 4.79 Å². The lowest BCUT2D eigenvalue weighted by Crippen LogP contribution is -2.06. The van der Waals surface area contributed by atoms with Gasteiger partial charge in [-0.1, -0.05) is 0 Å². The predicted molar refractivity (Wildman–Crippen MR) is 46.8 cm³/mol. The lowest BCUT2D eigenvalue weighted by Gasteiger charge is -1.97. The maximum atomic E-state index is 11.1. The van der Waals surface area contributed by atoms with Crippen molar-refractivity contribution >= 4 is 18.3 Å². The van der Waals surface area contributed by atoms with E-state index in [0.717, 1.165) is 5.69 Å². The SMILES string of the molecule is CCn1nc(C)cc1C(=O)N=S. The minimum absolute atomic E-state index is 0.396. The van der Waals surface area contributed by atoms with Crippen LogP contribution in [0.1, 0.15) is 23.1 Å². The zero-order chi connectivity index (χ0) is 9.14. The molecular weight excluding hydrogens is 174 g/mol. The minimum atomic E-state index is -0.396. The molecule has 0 radical (unpaired) electrons. The molecule has 0 atom stereocenters. The van der Waals surface area contributed by atoms with Crippen molar-refractivity contribution in [2.24, 2.45) is 4.36 Å². The second kappa shape index (κ2) is 3.53. The van der Waals surface area contributed by atoms with Crippen LogP contribution in [-0.2, 0) is 19.0 Å². The smallest absolute Gasteiger partial charge is 0.264 e. The first-order valence-corrected chi connectivity index (χ1v) is 3.97. The number of aryl methyl sites for hydroxylation is 2. The highest BCUT2D eigenvalue weighted by molar-refractivity contribution is 7.47. The molecule has 0 bridgehead atoms. The molecule has 0 aliphatic carbocycles. The first-order valence-electron chi connectivity index (χ1n) is 3.61. The summed E-state index contributed by atoms with van der Waals surface area (Å²) in [7, 11) is 0. The van der Waals surface area contributed by atoms with Crippen molar-refractivity contribution in [2.75, 3.05) is 0 Å². The van der Waals surface area contributed by atoms with E-state index in [4.69, 9.17) is 0 Å². The van der Waals surface area contributed by atoms with Gasteiger partial charge in [0.2, 0.25) is 0 Å². The van der Waals surface area contributed by atoms with Crippen LogP contribution in [0.25, 0.3) is 0 Å². The predicted octanol–water partition coefficient (Wildman–Crippen LogP) is 1.08. The van der Waals surface area contributed by atoms with E-state index in [-0.39, 0.29) is 0 Å². The number of hydrogen-bond donors (Lipinski definition) is 0. The van der Waals surface area contributed by atoms with Gasteiger partial charge in [-0.25, -0.2) is 0 Å². The van der Waals surface area contributed by atoms with Gasteiger partial charge in [-0.3, -0.25) is 9.48 Å². The summed E-state index contributed by atoms with van der Waals surface area (Å²) < 4.78 is 4.76. The lowest BCUT2D eigenvalue weighted by atomic mass is 10.3. The average Bonchev–Trinajstić information content (AvgIpc) is 2.45. The van der Waals surface area contributed by atoms with Crippen LogP contribution in [0.4, 0.5) is 0 Å². The molecular formula is C7H9N3OS. The van der Waals surface area contributed by atoms with Gasteiger partial charge in [-0.15, -0.1) is 4.36 Å². The van der Waals surface area contributed by atoms with Crippen LogP contribution in [0.3, 0.4) is 0 Å². The van der Waals surface area contributed by atoms with E-state index in [9.17, 15) is 4.79 Å². The molecule has 1 aromatic heterocycles. The summed E-state index contributed by atoms with van der Waals surface area (Å²) in [5.74, 6) is -0.396. The quantitative estimate of drug-likeness (QED) is 0.689. The van der Waals surface area contributed by atoms with Gasteiger partial charge in [0.15, 0.2) is 0 Å². The minimum Gasteiger partial charge on any atom is -0.264 e. The third kappa shape index (κ3) is 1.55. The van der Waals surface area contributed by atoms with Crippen LogP contribution in [0.2, 0.25) is 0 Å². The summed E-state index contributed by atoms with van der Waals surface area (Å²) in [6.07, 6.45) is 0. The molecule has 0 saturated heterocycles. The summed E-state index contributed by atoms with van der Waals surface area (Å²) in [5, 5.41) is 4.09. The Morgan fingerprint density at radius 3 is 3.00 bits per heavy atom. The fraction of sp³-hybridized carbons (Fsp3) is 0.429. The third-order valence-electron chi connectivity index (χ3n) is 1.50. The molecule has 0 unspecified atom stereocenters. The Morgan fingerprint density at radius 1 is 1.83 bits per heavy atom. The summed E-state index contributed by atoms with van der Waals surface area (Å²) in [6.45, 7) is 4.39. The molecule has 4 nitrogen and oxygen atoms in total. The standard InChI is InChI=1S/C7H9N3OS/c1-3-10-6(7(11)9-12)4-5(2)8-10/h4H,3H2,1-2H3. The van der Waals surface area contributed by atoms with Crippen LogP contribution < -0.4 is 0 Å². The molecule has 12 heavy (non-hydrogen) atoms. The molecule has 0 aromatic carbocycles. The number of amides is 1. The van der Waals surface area contributed by atoms with E-state index in [1.54, 1.807) is 10.7 Å². The number of rotatable bonds is 2. The summed E-state index contributed by atoms with van der Waals surface area (Å²) in [6, 6.07) is 1.68. The van der Waals surface area contributed by atoms with E-state index in [2.05, 4.69) is 21.9 Å². The van der Waals surface area contributed by atoms with Crippen molar-refractivity contribution in [2.45, 2.75) is 20.4 Å². The van der Waals surface area contributed by atoms with Gasteiger partial charge < -0.3 is 0 Å². The summed E-state index contributed by atoms with van der Waals surface area (Å²) in [4.78, 5) is 11.1. The molecule has 1 amide bonds. The van der Waals surface area contributed by atoms with Crippen LogP contribution in [0, 0.1) is 6.92 Å². The van der Waals surface area contributed by atoms with Gasteiger partial charge >= 0.3 is 5.91 Å².